The number of carbonyl (C=O) groups is 1. The van der Waals surface area contributed by atoms with Crippen LogP contribution in [0, 0.1) is 26.7 Å². The summed E-state index contributed by atoms with van der Waals surface area (Å²) in [5.74, 6) is 0.307. The molecule has 1 N–H and O–H groups in total. The van der Waals surface area contributed by atoms with Gasteiger partial charge in [-0.2, -0.15) is 0 Å². The maximum atomic E-state index is 12.7. The van der Waals surface area contributed by atoms with Gasteiger partial charge < -0.3 is 9.88 Å². The van der Waals surface area contributed by atoms with Gasteiger partial charge in [-0.25, -0.2) is 4.98 Å². The molecule has 0 aromatic carbocycles. The van der Waals surface area contributed by atoms with Gasteiger partial charge >= 0.3 is 0 Å². The number of nitrogens with zero attached hydrogens (tertiary/aromatic N) is 2. The van der Waals surface area contributed by atoms with E-state index < -0.39 is 0 Å². The molecular weight excluding hydrogens is 322 g/mol. The lowest BCUT2D eigenvalue weighted by molar-refractivity contribution is 0.0951. The van der Waals surface area contributed by atoms with Crippen molar-refractivity contribution in [2.24, 2.45) is 5.92 Å². The first kappa shape index (κ1) is 16.9. The maximum absolute atomic E-state index is 12.7. The molecule has 2 heterocycles. The van der Waals surface area contributed by atoms with Gasteiger partial charge in [0.25, 0.3) is 11.5 Å². The molecule has 1 amide bonds. The van der Waals surface area contributed by atoms with Gasteiger partial charge in [0.15, 0.2) is 0 Å². The van der Waals surface area contributed by atoms with Crippen LogP contribution < -0.4 is 10.9 Å². The second-order valence-electron chi connectivity index (χ2n) is 6.57. The van der Waals surface area contributed by atoms with E-state index in [4.69, 9.17) is 0 Å². The van der Waals surface area contributed by atoms with Gasteiger partial charge in [0.2, 0.25) is 0 Å². The number of aryl methyl sites for hydroxylation is 3. The summed E-state index contributed by atoms with van der Waals surface area (Å²) in [6.45, 7) is 6.93. The molecule has 1 aliphatic carbocycles. The molecule has 6 heteroatoms. The fraction of sp³-hybridized carbons (Fsp3) is 0.500. The molecule has 3 rings (SSSR count). The number of aromatic nitrogens is 2. The van der Waals surface area contributed by atoms with Crippen LogP contribution >= 0.6 is 11.3 Å². The molecule has 0 bridgehead atoms. The van der Waals surface area contributed by atoms with Gasteiger partial charge in [0.05, 0.1) is 10.7 Å². The molecule has 128 valence electrons. The Morgan fingerprint density at radius 3 is 2.75 bits per heavy atom. The van der Waals surface area contributed by atoms with Crippen molar-refractivity contribution in [2.75, 3.05) is 6.54 Å². The highest BCUT2D eigenvalue weighted by molar-refractivity contribution is 7.09. The fourth-order valence-electron chi connectivity index (χ4n) is 2.90. The predicted molar refractivity (Wildman–Crippen MR) is 95.8 cm³/mol. The Morgan fingerprint density at radius 2 is 2.12 bits per heavy atom. The third-order valence-electron chi connectivity index (χ3n) is 4.40. The molecule has 1 saturated carbocycles. The van der Waals surface area contributed by atoms with Crippen LogP contribution in [0.4, 0.5) is 0 Å². The standard InChI is InChI=1S/C18H23N3O2S/c1-11-8-12(2)21(9-14-4-5-14)18(23)16(11)17(22)19-7-6-15-10-24-13(3)20-15/h8,10,14H,4-7,9H2,1-3H3,(H,19,22). The van der Waals surface area contributed by atoms with E-state index in [1.165, 1.54) is 12.8 Å². The first-order valence-electron chi connectivity index (χ1n) is 8.36. The zero-order valence-corrected chi connectivity index (χ0v) is 15.2. The highest BCUT2D eigenvalue weighted by Gasteiger charge is 2.25. The van der Waals surface area contributed by atoms with Crippen LogP contribution in [0.5, 0.6) is 0 Å². The van der Waals surface area contributed by atoms with Crippen molar-refractivity contribution >= 4 is 17.2 Å². The highest BCUT2D eigenvalue weighted by Crippen LogP contribution is 2.30. The topological polar surface area (TPSA) is 64.0 Å². The third kappa shape index (κ3) is 3.75. The van der Waals surface area contributed by atoms with Crippen molar-refractivity contribution in [1.82, 2.24) is 14.9 Å². The first-order valence-corrected chi connectivity index (χ1v) is 9.24. The molecule has 5 nitrogen and oxygen atoms in total. The van der Waals surface area contributed by atoms with Crippen molar-refractivity contribution in [3.63, 3.8) is 0 Å². The van der Waals surface area contributed by atoms with Gasteiger partial charge in [0, 0.05) is 30.6 Å². The summed E-state index contributed by atoms with van der Waals surface area (Å²) in [5, 5.41) is 5.89. The summed E-state index contributed by atoms with van der Waals surface area (Å²) in [7, 11) is 0. The lowest BCUT2D eigenvalue weighted by Gasteiger charge is -2.14. The van der Waals surface area contributed by atoms with Crippen LogP contribution in [0.15, 0.2) is 16.2 Å². The molecule has 0 radical (unpaired) electrons. The molecule has 0 unspecified atom stereocenters. The van der Waals surface area contributed by atoms with Gasteiger partial charge in [-0.3, -0.25) is 9.59 Å². The average Bonchev–Trinajstić information content (AvgIpc) is 3.24. The SMILES string of the molecule is Cc1nc(CCNC(=O)c2c(C)cc(C)n(CC3CC3)c2=O)cs1. The highest BCUT2D eigenvalue weighted by atomic mass is 32.1. The summed E-state index contributed by atoms with van der Waals surface area (Å²) >= 11 is 1.60. The number of hydrogen-bond acceptors (Lipinski definition) is 4. The van der Waals surface area contributed by atoms with Crippen molar-refractivity contribution in [2.45, 2.75) is 46.6 Å². The van der Waals surface area contributed by atoms with E-state index in [-0.39, 0.29) is 17.0 Å². The minimum atomic E-state index is -0.283. The van der Waals surface area contributed by atoms with Crippen molar-refractivity contribution in [3.8, 4) is 0 Å². The monoisotopic (exact) mass is 345 g/mol. The number of carbonyl (C=O) groups excluding carboxylic acids is 1. The molecular formula is C18H23N3O2S. The Labute approximate surface area is 145 Å². The largest absolute Gasteiger partial charge is 0.351 e. The molecule has 1 fully saturated rings. The number of thiazole rings is 1. The van der Waals surface area contributed by atoms with Gasteiger partial charge in [-0.1, -0.05) is 0 Å². The fourth-order valence-corrected chi connectivity index (χ4v) is 3.55. The predicted octanol–water partition coefficient (Wildman–Crippen LogP) is 2.61. The van der Waals surface area contributed by atoms with Crippen LogP contribution in [-0.2, 0) is 13.0 Å². The molecule has 0 spiro atoms. The molecule has 0 aliphatic heterocycles. The minimum Gasteiger partial charge on any atom is -0.351 e. The van der Waals surface area contributed by atoms with Crippen molar-refractivity contribution < 1.29 is 4.79 Å². The van der Waals surface area contributed by atoms with Crippen LogP contribution in [-0.4, -0.2) is 22.0 Å². The smallest absolute Gasteiger partial charge is 0.263 e. The third-order valence-corrected chi connectivity index (χ3v) is 5.22. The number of pyridine rings is 1. The van der Waals surface area contributed by atoms with Crippen LogP contribution in [0.2, 0.25) is 0 Å². The van der Waals surface area contributed by atoms with Crippen LogP contribution in [0.25, 0.3) is 0 Å². The zero-order valence-electron chi connectivity index (χ0n) is 14.4. The minimum absolute atomic E-state index is 0.165. The van der Waals surface area contributed by atoms with Crippen LogP contribution in [0.1, 0.15) is 45.2 Å². The Bertz CT molecular complexity index is 818. The van der Waals surface area contributed by atoms with E-state index in [2.05, 4.69) is 10.3 Å². The van der Waals surface area contributed by atoms with Gasteiger partial charge in [0.1, 0.15) is 5.56 Å². The Balaban J connectivity index is 1.72. The van der Waals surface area contributed by atoms with E-state index in [0.717, 1.165) is 28.5 Å². The number of amides is 1. The van der Waals surface area contributed by atoms with Crippen molar-refractivity contribution in [3.05, 3.63) is 49.3 Å². The lowest BCUT2D eigenvalue weighted by atomic mass is 10.1. The summed E-state index contributed by atoms with van der Waals surface area (Å²) in [6.07, 6.45) is 3.03. The number of hydrogen-bond donors (Lipinski definition) is 1. The van der Waals surface area contributed by atoms with E-state index in [9.17, 15) is 9.59 Å². The normalized spacial score (nSPS) is 14.0. The molecule has 24 heavy (non-hydrogen) atoms. The zero-order chi connectivity index (χ0) is 17.3. The Morgan fingerprint density at radius 1 is 1.38 bits per heavy atom. The molecule has 0 saturated heterocycles. The van der Waals surface area contributed by atoms with E-state index in [1.807, 2.05) is 32.2 Å². The molecule has 1 aliphatic rings. The summed E-state index contributed by atoms with van der Waals surface area (Å²) < 4.78 is 1.75. The lowest BCUT2D eigenvalue weighted by Crippen LogP contribution is -2.36. The van der Waals surface area contributed by atoms with Crippen LogP contribution in [0.3, 0.4) is 0 Å². The van der Waals surface area contributed by atoms with Crippen molar-refractivity contribution in [1.29, 1.82) is 0 Å². The molecule has 0 atom stereocenters. The number of nitrogens with one attached hydrogen (secondary N) is 1. The first-order chi connectivity index (χ1) is 11.5. The summed E-state index contributed by atoms with van der Waals surface area (Å²) in [6, 6.07) is 1.93. The quantitative estimate of drug-likeness (QED) is 0.875. The number of rotatable bonds is 6. The van der Waals surface area contributed by atoms with E-state index in [0.29, 0.717) is 18.9 Å². The summed E-state index contributed by atoms with van der Waals surface area (Å²) in [4.78, 5) is 29.6. The second kappa shape index (κ2) is 6.89. The Kier molecular flexibility index (Phi) is 4.85. The Hall–Kier alpha value is -1.95. The van der Waals surface area contributed by atoms with E-state index in [1.54, 1.807) is 15.9 Å². The van der Waals surface area contributed by atoms with Gasteiger partial charge in [-0.15, -0.1) is 11.3 Å². The van der Waals surface area contributed by atoms with Gasteiger partial charge in [-0.05, 0) is 51.2 Å². The maximum Gasteiger partial charge on any atom is 0.263 e. The summed E-state index contributed by atoms with van der Waals surface area (Å²) in [5.41, 5.74) is 2.76. The average molecular weight is 345 g/mol. The van der Waals surface area contributed by atoms with E-state index >= 15 is 0 Å². The second-order valence-corrected chi connectivity index (χ2v) is 7.63. The molecule has 2 aromatic rings. The molecule has 2 aromatic heterocycles.